The van der Waals surface area contributed by atoms with Crippen LogP contribution in [0.5, 0.6) is 0 Å². The van der Waals surface area contributed by atoms with Gasteiger partial charge in [-0.15, -0.1) is 0 Å². The lowest BCUT2D eigenvalue weighted by molar-refractivity contribution is -0.167. The minimum absolute atomic E-state index is 0.0652. The summed E-state index contributed by atoms with van der Waals surface area (Å²) in [6, 6.07) is 0. The summed E-state index contributed by atoms with van der Waals surface area (Å²) in [6.07, 6.45) is 43.8. The Hall–Kier alpha value is -1.59. The van der Waals surface area contributed by atoms with Crippen molar-refractivity contribution in [3.63, 3.8) is 0 Å². The molecule has 0 aliphatic rings. The Balaban J connectivity index is 4.27. The van der Waals surface area contributed by atoms with Gasteiger partial charge >= 0.3 is 17.9 Å². The highest BCUT2D eigenvalue weighted by atomic mass is 16.6. The lowest BCUT2D eigenvalue weighted by Gasteiger charge is -2.18. The number of unbranched alkanes of at least 4 members (excludes halogenated alkanes) is 28. The van der Waals surface area contributed by atoms with Gasteiger partial charge in [-0.2, -0.15) is 0 Å². The van der Waals surface area contributed by atoms with Gasteiger partial charge < -0.3 is 14.2 Å². The van der Waals surface area contributed by atoms with Gasteiger partial charge in [0.15, 0.2) is 6.10 Å². The lowest BCUT2D eigenvalue weighted by atomic mass is 9.99. The van der Waals surface area contributed by atoms with E-state index in [1.807, 2.05) is 0 Å². The van der Waals surface area contributed by atoms with Gasteiger partial charge in [0.2, 0.25) is 0 Å². The Kier molecular flexibility index (Phi) is 43.3. The first-order valence-electron chi connectivity index (χ1n) is 26.1. The van der Waals surface area contributed by atoms with Crippen LogP contribution in [0.25, 0.3) is 0 Å². The molecule has 0 saturated carbocycles. The minimum Gasteiger partial charge on any atom is -0.462 e. The van der Waals surface area contributed by atoms with Crippen LogP contribution in [0.4, 0.5) is 0 Å². The third kappa shape index (κ3) is 45.8. The number of hydrogen-bond donors (Lipinski definition) is 0. The average Bonchev–Trinajstić information content (AvgIpc) is 3.20. The van der Waals surface area contributed by atoms with Crippen molar-refractivity contribution in [2.75, 3.05) is 13.2 Å². The van der Waals surface area contributed by atoms with Gasteiger partial charge in [0.25, 0.3) is 0 Å². The van der Waals surface area contributed by atoms with Crippen molar-refractivity contribution in [1.29, 1.82) is 0 Å². The molecular formula is C53H102O6. The van der Waals surface area contributed by atoms with E-state index in [2.05, 4.69) is 41.5 Å². The van der Waals surface area contributed by atoms with E-state index in [4.69, 9.17) is 14.2 Å². The fourth-order valence-corrected chi connectivity index (χ4v) is 7.91. The topological polar surface area (TPSA) is 78.9 Å². The molecule has 6 nitrogen and oxygen atoms in total. The Morgan fingerprint density at radius 3 is 0.881 bits per heavy atom. The summed E-state index contributed by atoms with van der Waals surface area (Å²) in [7, 11) is 0. The number of hydrogen-bond acceptors (Lipinski definition) is 6. The van der Waals surface area contributed by atoms with E-state index in [1.54, 1.807) is 0 Å². The molecule has 0 aromatic rings. The third-order valence-corrected chi connectivity index (χ3v) is 12.3. The lowest BCUT2D eigenvalue weighted by Crippen LogP contribution is -2.30. The zero-order chi connectivity index (χ0) is 43.4. The number of esters is 3. The average molecular weight is 835 g/mol. The Labute approximate surface area is 368 Å². The standard InChI is InChI=1S/C53H102O6/c1-7-49(6)41-35-29-23-18-20-25-31-37-43-52(55)58-46-50(59-53(56)44-38-32-26-19-17-22-28-34-40-48(4)5)45-57-51(54)42-36-30-24-16-14-12-10-8-9-11-13-15-21-27-33-39-47(2)3/h47-50H,7-46H2,1-6H3/t49?,50-/m1/s1. The van der Waals surface area contributed by atoms with Gasteiger partial charge in [0.05, 0.1) is 0 Å². The number of carbonyl (C=O) groups is 3. The maximum absolute atomic E-state index is 12.8. The van der Waals surface area contributed by atoms with Crippen LogP contribution in [0.2, 0.25) is 0 Å². The monoisotopic (exact) mass is 835 g/mol. The predicted octanol–water partition coefficient (Wildman–Crippen LogP) is 16.8. The number of ether oxygens (including phenoxy) is 3. The van der Waals surface area contributed by atoms with Crippen LogP contribution in [-0.4, -0.2) is 37.2 Å². The molecule has 0 saturated heterocycles. The fourth-order valence-electron chi connectivity index (χ4n) is 7.91. The molecule has 0 amide bonds. The molecular weight excluding hydrogens is 733 g/mol. The maximum Gasteiger partial charge on any atom is 0.306 e. The van der Waals surface area contributed by atoms with Crippen LogP contribution >= 0.6 is 0 Å². The molecule has 0 aromatic heterocycles. The SMILES string of the molecule is CCC(C)CCCCCCCCCCC(=O)OC[C@@H](COC(=O)CCCCCCCCCCCCCCCCCC(C)C)OC(=O)CCCCCCCCCCC(C)C. The molecule has 0 rings (SSSR count). The van der Waals surface area contributed by atoms with Crippen molar-refractivity contribution < 1.29 is 28.6 Å². The highest BCUT2D eigenvalue weighted by molar-refractivity contribution is 5.71. The van der Waals surface area contributed by atoms with Crippen molar-refractivity contribution >= 4 is 17.9 Å². The Morgan fingerprint density at radius 1 is 0.339 bits per heavy atom. The summed E-state index contributed by atoms with van der Waals surface area (Å²) in [4.78, 5) is 37.9. The molecule has 350 valence electrons. The van der Waals surface area contributed by atoms with Crippen LogP contribution in [0.15, 0.2) is 0 Å². The molecule has 6 heteroatoms. The fraction of sp³-hybridized carbons (Fsp3) is 0.943. The molecule has 0 spiro atoms. The summed E-state index contributed by atoms with van der Waals surface area (Å²) in [5, 5.41) is 0. The summed E-state index contributed by atoms with van der Waals surface area (Å²) >= 11 is 0. The van der Waals surface area contributed by atoms with E-state index >= 15 is 0 Å². The zero-order valence-corrected chi connectivity index (χ0v) is 40.5. The predicted molar refractivity (Wildman–Crippen MR) is 252 cm³/mol. The summed E-state index contributed by atoms with van der Waals surface area (Å²) in [5.74, 6) is 1.63. The van der Waals surface area contributed by atoms with Crippen molar-refractivity contribution in [2.45, 2.75) is 292 Å². The van der Waals surface area contributed by atoms with E-state index in [1.165, 1.54) is 167 Å². The van der Waals surface area contributed by atoms with Gasteiger partial charge in [-0.3, -0.25) is 14.4 Å². The quantitative estimate of drug-likeness (QED) is 0.0345. The van der Waals surface area contributed by atoms with Crippen LogP contribution in [0.1, 0.15) is 286 Å². The Morgan fingerprint density at radius 2 is 0.593 bits per heavy atom. The molecule has 2 atom stereocenters. The van der Waals surface area contributed by atoms with E-state index < -0.39 is 6.10 Å². The second-order valence-corrected chi connectivity index (χ2v) is 19.4. The maximum atomic E-state index is 12.8. The highest BCUT2D eigenvalue weighted by Crippen LogP contribution is 2.18. The van der Waals surface area contributed by atoms with Gasteiger partial charge in [0.1, 0.15) is 13.2 Å². The molecule has 0 aliphatic heterocycles. The Bertz CT molecular complexity index is 916. The third-order valence-electron chi connectivity index (χ3n) is 12.3. The van der Waals surface area contributed by atoms with E-state index in [-0.39, 0.29) is 31.1 Å². The summed E-state index contributed by atoms with van der Waals surface area (Å²) in [6.45, 7) is 13.7. The van der Waals surface area contributed by atoms with E-state index in [9.17, 15) is 14.4 Å². The van der Waals surface area contributed by atoms with Gasteiger partial charge in [-0.1, -0.05) is 247 Å². The molecule has 59 heavy (non-hydrogen) atoms. The molecule has 0 aliphatic carbocycles. The van der Waals surface area contributed by atoms with Crippen molar-refractivity contribution in [3.8, 4) is 0 Å². The smallest absolute Gasteiger partial charge is 0.306 e. The molecule has 0 aromatic carbocycles. The second-order valence-electron chi connectivity index (χ2n) is 19.4. The van der Waals surface area contributed by atoms with Gasteiger partial charge in [-0.25, -0.2) is 0 Å². The van der Waals surface area contributed by atoms with E-state index in [0.29, 0.717) is 19.3 Å². The summed E-state index contributed by atoms with van der Waals surface area (Å²) in [5.41, 5.74) is 0. The van der Waals surface area contributed by atoms with Crippen LogP contribution in [0.3, 0.4) is 0 Å². The van der Waals surface area contributed by atoms with Crippen molar-refractivity contribution in [3.05, 3.63) is 0 Å². The minimum atomic E-state index is -0.763. The van der Waals surface area contributed by atoms with Crippen LogP contribution < -0.4 is 0 Å². The second kappa shape index (κ2) is 44.5. The first kappa shape index (κ1) is 57.4. The molecule has 0 radical (unpaired) electrons. The molecule has 0 fully saturated rings. The van der Waals surface area contributed by atoms with Gasteiger partial charge in [-0.05, 0) is 37.0 Å². The van der Waals surface area contributed by atoms with Crippen LogP contribution in [-0.2, 0) is 28.6 Å². The normalized spacial score (nSPS) is 12.6. The molecule has 0 N–H and O–H groups in total. The number of rotatable bonds is 46. The molecule has 0 heterocycles. The first-order chi connectivity index (χ1) is 28.6. The largest absolute Gasteiger partial charge is 0.462 e. The number of carbonyl (C=O) groups excluding carboxylic acids is 3. The van der Waals surface area contributed by atoms with Crippen molar-refractivity contribution in [1.82, 2.24) is 0 Å². The van der Waals surface area contributed by atoms with Gasteiger partial charge in [0, 0.05) is 19.3 Å². The van der Waals surface area contributed by atoms with Crippen molar-refractivity contribution in [2.24, 2.45) is 17.8 Å². The zero-order valence-electron chi connectivity index (χ0n) is 40.5. The van der Waals surface area contributed by atoms with E-state index in [0.717, 1.165) is 75.5 Å². The highest BCUT2D eigenvalue weighted by Gasteiger charge is 2.19. The molecule has 0 bridgehead atoms. The van der Waals surface area contributed by atoms with Crippen LogP contribution in [0, 0.1) is 17.8 Å². The first-order valence-corrected chi connectivity index (χ1v) is 26.1. The summed E-state index contributed by atoms with van der Waals surface area (Å²) < 4.78 is 16.8. The molecule has 1 unspecified atom stereocenters.